The Bertz CT molecular complexity index is 747. The Balaban J connectivity index is 2.13. The molecule has 25 heavy (non-hydrogen) atoms. The summed E-state index contributed by atoms with van der Waals surface area (Å²) in [6.07, 6.45) is 0. The molecule has 0 aromatic heterocycles. The molecule has 0 saturated carbocycles. The van der Waals surface area contributed by atoms with Crippen LogP contribution in [0, 0.1) is 6.07 Å². The van der Waals surface area contributed by atoms with Crippen LogP contribution in [0.5, 0.6) is 0 Å². The third kappa shape index (κ3) is 2.66. The van der Waals surface area contributed by atoms with E-state index in [-0.39, 0.29) is 5.41 Å². The van der Waals surface area contributed by atoms with Crippen LogP contribution in [0.4, 0.5) is 0 Å². The molecule has 4 rings (SSSR count). The van der Waals surface area contributed by atoms with Gasteiger partial charge in [0.2, 0.25) is 0 Å². The number of hydrogen-bond acceptors (Lipinski definition) is 0. The van der Waals surface area contributed by atoms with Crippen molar-refractivity contribution >= 4 is 0 Å². The van der Waals surface area contributed by atoms with Gasteiger partial charge in [0.05, 0.1) is 5.41 Å². The van der Waals surface area contributed by atoms with Crippen molar-refractivity contribution in [3.8, 4) is 0 Å². The predicted molar refractivity (Wildman–Crippen MR) is 104 cm³/mol. The highest BCUT2D eigenvalue weighted by Gasteiger charge is 2.37. The summed E-state index contributed by atoms with van der Waals surface area (Å²) in [4.78, 5) is 0. The van der Waals surface area contributed by atoms with Gasteiger partial charge in [-0.25, -0.2) is 0 Å². The molecule has 0 heterocycles. The van der Waals surface area contributed by atoms with Gasteiger partial charge in [-0.1, -0.05) is 115 Å². The van der Waals surface area contributed by atoms with Gasteiger partial charge in [0.1, 0.15) is 0 Å². The molecule has 0 atom stereocenters. The van der Waals surface area contributed by atoms with Crippen LogP contribution in [0.25, 0.3) is 0 Å². The van der Waals surface area contributed by atoms with E-state index in [1.807, 2.05) is 12.1 Å². The van der Waals surface area contributed by atoms with E-state index in [0.717, 1.165) is 0 Å². The number of rotatable bonds is 4. The van der Waals surface area contributed by atoms with E-state index in [0.29, 0.717) is 0 Å². The van der Waals surface area contributed by atoms with Gasteiger partial charge in [0, 0.05) is 0 Å². The molecule has 0 nitrogen and oxygen atoms in total. The molecule has 0 aliphatic rings. The van der Waals surface area contributed by atoms with Gasteiger partial charge in [-0.05, 0) is 28.3 Å². The average molecular weight is 319 g/mol. The molecule has 0 aliphatic heterocycles. The van der Waals surface area contributed by atoms with E-state index in [4.69, 9.17) is 0 Å². The van der Waals surface area contributed by atoms with Crippen molar-refractivity contribution < 1.29 is 0 Å². The van der Waals surface area contributed by atoms with Crippen molar-refractivity contribution in [3.63, 3.8) is 0 Å². The minimum atomic E-state index is -0.348. The normalized spacial score (nSPS) is 11.2. The Hall–Kier alpha value is -3.12. The first-order valence-electron chi connectivity index (χ1n) is 8.55. The maximum Gasteiger partial charge on any atom is 0.0701 e. The standard InChI is InChI=1S/C25H19/c1-5-13-21(14-6-1)25(22-15-7-2-8-16-22,23-17-9-3-10-18-23)24-19-11-4-12-20-24/h1-3,5-20H. The van der Waals surface area contributed by atoms with Gasteiger partial charge in [0.15, 0.2) is 0 Å². The Labute approximate surface area is 149 Å². The van der Waals surface area contributed by atoms with Gasteiger partial charge in [-0.2, -0.15) is 0 Å². The van der Waals surface area contributed by atoms with Crippen LogP contribution < -0.4 is 0 Å². The lowest BCUT2D eigenvalue weighted by Gasteiger charge is -2.36. The first-order valence-corrected chi connectivity index (χ1v) is 8.55. The monoisotopic (exact) mass is 319 g/mol. The van der Waals surface area contributed by atoms with Crippen molar-refractivity contribution in [2.45, 2.75) is 5.41 Å². The van der Waals surface area contributed by atoms with Crippen molar-refractivity contribution in [1.82, 2.24) is 0 Å². The molecule has 0 unspecified atom stereocenters. The van der Waals surface area contributed by atoms with Gasteiger partial charge >= 0.3 is 0 Å². The third-order valence-electron chi connectivity index (χ3n) is 4.77. The minimum Gasteiger partial charge on any atom is -0.0622 e. The quantitative estimate of drug-likeness (QED) is 0.413. The Morgan fingerprint density at radius 3 is 1.08 bits per heavy atom. The number of hydrogen-bond donors (Lipinski definition) is 0. The Morgan fingerprint density at radius 2 is 0.720 bits per heavy atom. The lowest BCUT2D eigenvalue weighted by molar-refractivity contribution is 0.745. The predicted octanol–water partition coefficient (Wildman–Crippen LogP) is 5.87. The first-order chi connectivity index (χ1) is 12.4. The van der Waals surface area contributed by atoms with Crippen molar-refractivity contribution in [2.24, 2.45) is 0 Å². The van der Waals surface area contributed by atoms with Gasteiger partial charge < -0.3 is 0 Å². The van der Waals surface area contributed by atoms with E-state index >= 15 is 0 Å². The van der Waals surface area contributed by atoms with Gasteiger partial charge in [0.25, 0.3) is 0 Å². The van der Waals surface area contributed by atoms with E-state index in [1.165, 1.54) is 22.3 Å². The van der Waals surface area contributed by atoms with Gasteiger partial charge in [-0.15, -0.1) is 0 Å². The molecule has 4 aromatic rings. The molecule has 0 fully saturated rings. The minimum absolute atomic E-state index is 0.348. The Morgan fingerprint density at radius 1 is 0.400 bits per heavy atom. The summed E-state index contributed by atoms with van der Waals surface area (Å²) in [6, 6.07) is 43.7. The van der Waals surface area contributed by atoms with E-state index in [1.54, 1.807) is 0 Å². The molecule has 0 bridgehead atoms. The summed E-state index contributed by atoms with van der Waals surface area (Å²) in [5.41, 5.74) is 4.68. The molecule has 0 N–H and O–H groups in total. The summed E-state index contributed by atoms with van der Waals surface area (Å²) >= 11 is 0. The third-order valence-corrected chi connectivity index (χ3v) is 4.77. The molecule has 0 amide bonds. The summed E-state index contributed by atoms with van der Waals surface area (Å²) in [5, 5.41) is 0. The highest BCUT2D eigenvalue weighted by atomic mass is 14.4. The molecule has 0 spiro atoms. The lowest BCUT2D eigenvalue weighted by Crippen LogP contribution is -2.30. The molecule has 0 aliphatic carbocycles. The Kier molecular flexibility index (Phi) is 4.18. The highest BCUT2D eigenvalue weighted by Crippen LogP contribution is 2.44. The van der Waals surface area contributed by atoms with E-state index < -0.39 is 0 Å². The second-order valence-corrected chi connectivity index (χ2v) is 6.14. The lowest BCUT2D eigenvalue weighted by atomic mass is 9.65. The largest absolute Gasteiger partial charge is 0.0701 e. The van der Waals surface area contributed by atoms with Crippen molar-refractivity contribution in [2.75, 3.05) is 0 Å². The van der Waals surface area contributed by atoms with Gasteiger partial charge in [-0.3, -0.25) is 0 Å². The fourth-order valence-corrected chi connectivity index (χ4v) is 3.70. The smallest absolute Gasteiger partial charge is 0.0622 e. The summed E-state index contributed by atoms with van der Waals surface area (Å²) in [7, 11) is 0. The molecule has 119 valence electrons. The van der Waals surface area contributed by atoms with Crippen molar-refractivity contribution in [1.29, 1.82) is 0 Å². The topological polar surface area (TPSA) is 0 Å². The second kappa shape index (κ2) is 6.78. The first kappa shape index (κ1) is 15.4. The van der Waals surface area contributed by atoms with Crippen molar-refractivity contribution in [3.05, 3.63) is 144 Å². The molecule has 0 saturated heterocycles. The average Bonchev–Trinajstić information content (AvgIpc) is 2.72. The zero-order chi connectivity index (χ0) is 17.0. The SMILES string of the molecule is [c]1ccc(C(c2ccccc2)(c2ccccc2)c2ccccc2)cc1. The zero-order valence-electron chi connectivity index (χ0n) is 14.0. The van der Waals surface area contributed by atoms with Crippen LogP contribution in [0.1, 0.15) is 22.3 Å². The van der Waals surface area contributed by atoms with E-state index in [2.05, 4.69) is 109 Å². The van der Waals surface area contributed by atoms with Crippen LogP contribution in [0.3, 0.4) is 0 Å². The fourth-order valence-electron chi connectivity index (χ4n) is 3.70. The maximum atomic E-state index is 3.16. The van der Waals surface area contributed by atoms with Crippen LogP contribution in [-0.4, -0.2) is 0 Å². The molecular formula is C25H19. The molecule has 4 aromatic carbocycles. The molecular weight excluding hydrogens is 300 g/mol. The summed E-state index contributed by atoms with van der Waals surface area (Å²) in [6.45, 7) is 0. The number of benzene rings is 4. The highest BCUT2D eigenvalue weighted by molar-refractivity contribution is 5.59. The maximum absolute atomic E-state index is 3.16. The molecule has 0 heteroatoms. The van der Waals surface area contributed by atoms with Crippen LogP contribution in [0.2, 0.25) is 0 Å². The van der Waals surface area contributed by atoms with E-state index in [9.17, 15) is 0 Å². The summed E-state index contributed by atoms with van der Waals surface area (Å²) in [5.74, 6) is 0. The van der Waals surface area contributed by atoms with Crippen LogP contribution >= 0.6 is 0 Å². The van der Waals surface area contributed by atoms with Crippen LogP contribution in [-0.2, 0) is 5.41 Å². The fraction of sp³-hybridized carbons (Fsp3) is 0.0400. The second-order valence-electron chi connectivity index (χ2n) is 6.14. The molecule has 1 radical (unpaired) electrons. The van der Waals surface area contributed by atoms with Crippen LogP contribution in [0.15, 0.2) is 115 Å². The zero-order valence-corrected chi connectivity index (χ0v) is 14.0. The summed E-state index contributed by atoms with van der Waals surface area (Å²) < 4.78 is 0.